The third kappa shape index (κ3) is 2.44. The van der Waals surface area contributed by atoms with Gasteiger partial charge in [-0.1, -0.05) is 6.92 Å². The fourth-order valence-electron chi connectivity index (χ4n) is 5.79. The average Bonchev–Trinajstić information content (AvgIpc) is 2.99. The van der Waals surface area contributed by atoms with E-state index in [0.29, 0.717) is 31.1 Å². The van der Waals surface area contributed by atoms with Crippen LogP contribution in [0.4, 0.5) is 0 Å². The number of halogens is 1. The van der Waals surface area contributed by atoms with Crippen molar-refractivity contribution >= 4 is 23.4 Å². The highest BCUT2D eigenvalue weighted by atomic mass is 35.5. The van der Waals surface area contributed by atoms with Gasteiger partial charge in [0.25, 0.3) is 0 Å². The summed E-state index contributed by atoms with van der Waals surface area (Å²) in [6, 6.07) is 0. The summed E-state index contributed by atoms with van der Waals surface area (Å²) in [5, 5.41) is 11.4. The predicted octanol–water partition coefficient (Wildman–Crippen LogP) is 3.31. The Labute approximate surface area is 153 Å². The Morgan fingerprint density at radius 2 is 2.12 bits per heavy atom. The normalized spacial score (nSPS) is 45.2. The molecule has 5 unspecified atom stereocenters. The van der Waals surface area contributed by atoms with E-state index in [4.69, 9.17) is 16.3 Å². The summed E-state index contributed by atoms with van der Waals surface area (Å²) in [5.41, 5.74) is -0.467. The van der Waals surface area contributed by atoms with E-state index in [1.165, 1.54) is 6.08 Å². The van der Waals surface area contributed by atoms with Gasteiger partial charge in [0.2, 0.25) is 0 Å². The maximum Gasteiger partial charge on any atom is 0.305 e. The van der Waals surface area contributed by atoms with Crippen molar-refractivity contribution < 1.29 is 19.4 Å². The number of allylic oxidation sites excluding steroid dienone is 2. The van der Waals surface area contributed by atoms with Gasteiger partial charge in [-0.05, 0) is 80.1 Å². The standard InChI is InChI=1S/C20H25ClO4/c1-2-18(23)25-17-6-4-14-15(17)8-9-19(21)16(14)5-3-12-11-13(22)7-10-20(12,19)24/h7,10-11,14-17,24H,2-6,8-9H2,1H3/t14?,15?,16?,17?,19?,20-/m1/s1. The lowest BCUT2D eigenvalue weighted by Crippen LogP contribution is -2.62. The molecular weight excluding hydrogens is 340 g/mol. The molecule has 136 valence electrons. The van der Waals surface area contributed by atoms with Crippen LogP contribution >= 0.6 is 11.6 Å². The second kappa shape index (κ2) is 5.95. The Morgan fingerprint density at radius 3 is 2.88 bits per heavy atom. The summed E-state index contributed by atoms with van der Waals surface area (Å²) in [6.07, 6.45) is 10.0. The molecule has 0 amide bonds. The number of esters is 1. The molecule has 0 aromatic heterocycles. The Hall–Kier alpha value is -1.13. The van der Waals surface area contributed by atoms with E-state index in [-0.39, 0.29) is 23.8 Å². The lowest BCUT2D eigenvalue weighted by Gasteiger charge is -2.57. The zero-order chi connectivity index (χ0) is 17.8. The molecule has 0 radical (unpaired) electrons. The smallest absolute Gasteiger partial charge is 0.305 e. The minimum absolute atomic E-state index is 0.00581. The van der Waals surface area contributed by atoms with Crippen LogP contribution in [0.1, 0.15) is 51.9 Å². The molecule has 0 saturated heterocycles. The molecule has 0 heterocycles. The molecule has 6 atom stereocenters. The minimum atomic E-state index is -1.23. The first-order valence-electron chi connectivity index (χ1n) is 9.44. The van der Waals surface area contributed by atoms with Gasteiger partial charge in [0, 0.05) is 6.42 Å². The summed E-state index contributed by atoms with van der Waals surface area (Å²) in [7, 11) is 0. The van der Waals surface area contributed by atoms with Crippen molar-refractivity contribution in [3.63, 3.8) is 0 Å². The number of carbonyl (C=O) groups is 2. The number of aliphatic hydroxyl groups is 1. The van der Waals surface area contributed by atoms with E-state index in [1.54, 1.807) is 12.2 Å². The Bertz CT molecular complexity index is 669. The van der Waals surface area contributed by atoms with Gasteiger partial charge >= 0.3 is 5.97 Å². The van der Waals surface area contributed by atoms with Gasteiger partial charge < -0.3 is 9.84 Å². The quantitative estimate of drug-likeness (QED) is 0.603. The predicted molar refractivity (Wildman–Crippen MR) is 94.1 cm³/mol. The summed E-state index contributed by atoms with van der Waals surface area (Å²) in [4.78, 5) is 22.7. The van der Waals surface area contributed by atoms with E-state index in [1.807, 2.05) is 6.92 Å². The molecule has 0 aliphatic heterocycles. The summed E-state index contributed by atoms with van der Waals surface area (Å²) < 4.78 is 5.67. The van der Waals surface area contributed by atoms with E-state index >= 15 is 0 Å². The fraction of sp³-hybridized carbons (Fsp3) is 0.700. The monoisotopic (exact) mass is 364 g/mol. The fourth-order valence-corrected chi connectivity index (χ4v) is 6.36. The van der Waals surface area contributed by atoms with Crippen molar-refractivity contribution in [1.82, 2.24) is 0 Å². The first-order chi connectivity index (χ1) is 11.9. The van der Waals surface area contributed by atoms with Crippen molar-refractivity contribution in [3.8, 4) is 0 Å². The zero-order valence-electron chi connectivity index (χ0n) is 14.5. The molecule has 4 rings (SSSR count). The summed E-state index contributed by atoms with van der Waals surface area (Å²) in [5.74, 6) is 0.695. The van der Waals surface area contributed by atoms with Crippen LogP contribution in [0.5, 0.6) is 0 Å². The second-order valence-electron chi connectivity index (χ2n) is 8.00. The number of carbonyl (C=O) groups excluding carboxylic acids is 2. The van der Waals surface area contributed by atoms with E-state index in [0.717, 1.165) is 31.3 Å². The van der Waals surface area contributed by atoms with Crippen LogP contribution in [-0.4, -0.2) is 33.4 Å². The SMILES string of the molecule is CCC(=O)OC1CCC2C1CCC1(Cl)C2CCC2=CC(=O)C=C[C@@]21O. The highest BCUT2D eigenvalue weighted by Crippen LogP contribution is 2.62. The molecule has 1 N–H and O–H groups in total. The van der Waals surface area contributed by atoms with Crippen molar-refractivity contribution in [1.29, 1.82) is 0 Å². The van der Waals surface area contributed by atoms with Gasteiger partial charge in [-0.3, -0.25) is 9.59 Å². The van der Waals surface area contributed by atoms with Gasteiger partial charge in [-0.15, -0.1) is 11.6 Å². The van der Waals surface area contributed by atoms with E-state index < -0.39 is 10.5 Å². The van der Waals surface area contributed by atoms with Crippen molar-refractivity contribution in [2.75, 3.05) is 0 Å². The molecule has 0 spiro atoms. The van der Waals surface area contributed by atoms with Crippen LogP contribution in [0.2, 0.25) is 0 Å². The van der Waals surface area contributed by atoms with Crippen LogP contribution in [0.15, 0.2) is 23.8 Å². The first kappa shape index (κ1) is 17.3. The Kier molecular flexibility index (Phi) is 4.12. The van der Waals surface area contributed by atoms with E-state index in [2.05, 4.69) is 0 Å². The van der Waals surface area contributed by atoms with Gasteiger partial charge in [0.15, 0.2) is 5.78 Å². The number of hydrogen-bond donors (Lipinski definition) is 1. The zero-order valence-corrected chi connectivity index (χ0v) is 15.3. The molecule has 4 aliphatic rings. The van der Waals surface area contributed by atoms with Crippen LogP contribution in [0, 0.1) is 17.8 Å². The number of alkyl halides is 1. The summed E-state index contributed by atoms with van der Waals surface area (Å²) in [6.45, 7) is 1.82. The van der Waals surface area contributed by atoms with Crippen LogP contribution < -0.4 is 0 Å². The molecular formula is C20H25ClO4. The average molecular weight is 365 g/mol. The van der Waals surface area contributed by atoms with E-state index in [9.17, 15) is 14.7 Å². The lowest BCUT2D eigenvalue weighted by atomic mass is 9.54. The highest BCUT2D eigenvalue weighted by molar-refractivity contribution is 6.26. The van der Waals surface area contributed by atoms with Gasteiger partial charge in [0.05, 0.1) is 4.87 Å². The van der Waals surface area contributed by atoms with Crippen molar-refractivity contribution in [3.05, 3.63) is 23.8 Å². The number of ether oxygens (including phenoxy) is 1. The first-order valence-corrected chi connectivity index (χ1v) is 9.82. The molecule has 25 heavy (non-hydrogen) atoms. The van der Waals surface area contributed by atoms with Crippen LogP contribution in [-0.2, 0) is 14.3 Å². The molecule has 3 saturated carbocycles. The molecule has 4 nitrogen and oxygen atoms in total. The largest absolute Gasteiger partial charge is 0.462 e. The number of rotatable bonds is 2. The maximum atomic E-state index is 11.7. The molecule has 0 aromatic rings. The van der Waals surface area contributed by atoms with Crippen molar-refractivity contribution in [2.24, 2.45) is 17.8 Å². The third-order valence-electron chi connectivity index (χ3n) is 6.98. The summed E-state index contributed by atoms with van der Waals surface area (Å²) >= 11 is 7.13. The third-order valence-corrected chi connectivity index (χ3v) is 7.74. The Morgan fingerprint density at radius 1 is 1.32 bits per heavy atom. The molecule has 0 aromatic carbocycles. The lowest BCUT2D eigenvalue weighted by molar-refractivity contribution is -0.152. The van der Waals surface area contributed by atoms with Crippen LogP contribution in [0.25, 0.3) is 0 Å². The number of fused-ring (bicyclic) bond motifs is 5. The molecule has 0 bridgehead atoms. The number of ketones is 1. The number of hydrogen-bond acceptors (Lipinski definition) is 4. The van der Waals surface area contributed by atoms with Gasteiger partial charge in [-0.2, -0.15) is 0 Å². The Balaban J connectivity index is 1.61. The molecule has 5 heteroatoms. The van der Waals surface area contributed by atoms with Gasteiger partial charge in [-0.25, -0.2) is 0 Å². The minimum Gasteiger partial charge on any atom is -0.462 e. The van der Waals surface area contributed by atoms with Crippen LogP contribution in [0.3, 0.4) is 0 Å². The topological polar surface area (TPSA) is 63.6 Å². The van der Waals surface area contributed by atoms with Crippen molar-refractivity contribution in [2.45, 2.75) is 68.4 Å². The highest BCUT2D eigenvalue weighted by Gasteiger charge is 2.63. The molecule has 3 fully saturated rings. The maximum absolute atomic E-state index is 11.7. The molecule has 4 aliphatic carbocycles. The van der Waals surface area contributed by atoms with Gasteiger partial charge in [0.1, 0.15) is 11.7 Å². The second-order valence-corrected chi connectivity index (χ2v) is 8.68.